The molecule has 0 aliphatic rings. The van der Waals surface area contributed by atoms with E-state index in [4.69, 9.17) is 0 Å². The highest BCUT2D eigenvalue weighted by Crippen LogP contribution is 2.08. The molecule has 96 valence electrons. The highest BCUT2D eigenvalue weighted by Gasteiger charge is 2.05. The number of nitrogens with one attached hydrogen (secondary N) is 1. The van der Waals surface area contributed by atoms with Crippen LogP contribution in [0.15, 0.2) is 30.5 Å². The fourth-order valence-electron chi connectivity index (χ4n) is 2.02. The monoisotopic (exact) mass is 247 g/mol. The number of aromatic nitrogens is 2. The highest BCUT2D eigenvalue weighted by molar-refractivity contribution is 5.18. The van der Waals surface area contributed by atoms with Crippen molar-refractivity contribution in [2.24, 2.45) is 7.05 Å². The van der Waals surface area contributed by atoms with Gasteiger partial charge in [-0.1, -0.05) is 19.1 Å². The maximum absolute atomic E-state index is 13.0. The molecule has 0 amide bonds. The lowest BCUT2D eigenvalue weighted by atomic mass is 10.2. The number of aryl methyl sites for hydroxylation is 2. The summed E-state index contributed by atoms with van der Waals surface area (Å²) in [6.07, 6.45) is 2.95. The van der Waals surface area contributed by atoms with Crippen LogP contribution in [0, 0.1) is 5.82 Å². The summed E-state index contributed by atoms with van der Waals surface area (Å²) in [6, 6.07) is 6.66. The molecule has 2 aromatic rings. The molecule has 0 spiro atoms. The Labute approximate surface area is 107 Å². The SMILES string of the molecule is CCc1nn(C)cc1CNCc1cccc(F)c1. The van der Waals surface area contributed by atoms with Crippen molar-refractivity contribution >= 4 is 0 Å². The molecular weight excluding hydrogens is 229 g/mol. The lowest BCUT2D eigenvalue weighted by molar-refractivity contribution is 0.620. The second kappa shape index (κ2) is 5.78. The van der Waals surface area contributed by atoms with Crippen LogP contribution < -0.4 is 5.32 Å². The Hall–Kier alpha value is -1.68. The van der Waals surface area contributed by atoms with Gasteiger partial charge in [-0.05, 0) is 24.1 Å². The molecule has 0 unspecified atom stereocenters. The van der Waals surface area contributed by atoms with Gasteiger partial charge in [-0.3, -0.25) is 4.68 Å². The zero-order chi connectivity index (χ0) is 13.0. The van der Waals surface area contributed by atoms with Crippen LogP contribution in [-0.2, 0) is 26.6 Å². The highest BCUT2D eigenvalue weighted by atomic mass is 19.1. The first kappa shape index (κ1) is 12.8. The first-order valence-electron chi connectivity index (χ1n) is 6.15. The second-order valence-electron chi connectivity index (χ2n) is 4.36. The number of benzene rings is 1. The van der Waals surface area contributed by atoms with Crippen LogP contribution in [0.3, 0.4) is 0 Å². The molecule has 1 aromatic carbocycles. The van der Waals surface area contributed by atoms with Crippen LogP contribution in [-0.4, -0.2) is 9.78 Å². The number of rotatable bonds is 5. The van der Waals surface area contributed by atoms with Gasteiger partial charge in [-0.15, -0.1) is 0 Å². The molecule has 2 rings (SSSR count). The summed E-state index contributed by atoms with van der Waals surface area (Å²) >= 11 is 0. The third-order valence-corrected chi connectivity index (χ3v) is 2.86. The van der Waals surface area contributed by atoms with Crippen LogP contribution in [0.25, 0.3) is 0 Å². The van der Waals surface area contributed by atoms with Gasteiger partial charge < -0.3 is 5.32 Å². The lowest BCUT2D eigenvalue weighted by Crippen LogP contribution is -2.13. The molecule has 18 heavy (non-hydrogen) atoms. The topological polar surface area (TPSA) is 29.9 Å². The lowest BCUT2D eigenvalue weighted by Gasteiger charge is -2.04. The van der Waals surface area contributed by atoms with E-state index in [1.807, 2.05) is 24.0 Å². The van der Waals surface area contributed by atoms with Crippen molar-refractivity contribution in [1.82, 2.24) is 15.1 Å². The van der Waals surface area contributed by atoms with E-state index in [1.54, 1.807) is 12.1 Å². The third-order valence-electron chi connectivity index (χ3n) is 2.86. The largest absolute Gasteiger partial charge is 0.308 e. The van der Waals surface area contributed by atoms with Crippen molar-refractivity contribution in [2.45, 2.75) is 26.4 Å². The zero-order valence-corrected chi connectivity index (χ0v) is 10.8. The van der Waals surface area contributed by atoms with E-state index in [2.05, 4.69) is 17.3 Å². The Balaban J connectivity index is 1.92. The van der Waals surface area contributed by atoms with Crippen molar-refractivity contribution < 1.29 is 4.39 Å². The van der Waals surface area contributed by atoms with Gasteiger partial charge in [0.15, 0.2) is 0 Å². The number of hydrogen-bond donors (Lipinski definition) is 1. The molecule has 0 bridgehead atoms. The molecular formula is C14H18FN3. The average molecular weight is 247 g/mol. The molecule has 1 aromatic heterocycles. The normalized spacial score (nSPS) is 10.8. The van der Waals surface area contributed by atoms with Crippen molar-refractivity contribution in [1.29, 1.82) is 0 Å². The van der Waals surface area contributed by atoms with Crippen LogP contribution in [0.2, 0.25) is 0 Å². The summed E-state index contributed by atoms with van der Waals surface area (Å²) < 4.78 is 14.8. The van der Waals surface area contributed by atoms with E-state index in [0.29, 0.717) is 6.54 Å². The molecule has 0 aliphatic heterocycles. The quantitative estimate of drug-likeness (QED) is 0.879. The van der Waals surface area contributed by atoms with Gasteiger partial charge in [0.2, 0.25) is 0 Å². The summed E-state index contributed by atoms with van der Waals surface area (Å²) in [4.78, 5) is 0. The van der Waals surface area contributed by atoms with E-state index in [9.17, 15) is 4.39 Å². The summed E-state index contributed by atoms with van der Waals surface area (Å²) in [6.45, 7) is 3.52. The molecule has 1 heterocycles. The molecule has 0 fully saturated rings. The summed E-state index contributed by atoms with van der Waals surface area (Å²) in [5, 5.41) is 7.70. The van der Waals surface area contributed by atoms with Crippen LogP contribution in [0.4, 0.5) is 4.39 Å². The standard InChI is InChI=1S/C14H18FN3/c1-3-14-12(10-18(2)17-14)9-16-8-11-5-4-6-13(15)7-11/h4-7,10,16H,3,8-9H2,1-2H3. The third kappa shape index (κ3) is 3.17. The Morgan fingerprint density at radius 3 is 2.89 bits per heavy atom. The van der Waals surface area contributed by atoms with E-state index < -0.39 is 0 Å². The first-order chi connectivity index (χ1) is 8.69. The molecule has 0 aliphatic carbocycles. The van der Waals surface area contributed by atoms with Gasteiger partial charge in [-0.25, -0.2) is 4.39 Å². The van der Waals surface area contributed by atoms with Gasteiger partial charge in [0.05, 0.1) is 5.69 Å². The van der Waals surface area contributed by atoms with Gasteiger partial charge >= 0.3 is 0 Å². The summed E-state index contributed by atoms with van der Waals surface area (Å²) in [7, 11) is 1.93. The molecule has 0 radical (unpaired) electrons. The average Bonchev–Trinajstić information content (AvgIpc) is 2.70. The smallest absolute Gasteiger partial charge is 0.123 e. The number of hydrogen-bond acceptors (Lipinski definition) is 2. The Kier molecular flexibility index (Phi) is 4.10. The molecule has 4 heteroatoms. The van der Waals surface area contributed by atoms with Crippen molar-refractivity contribution in [3.63, 3.8) is 0 Å². The van der Waals surface area contributed by atoms with Gasteiger partial charge in [0, 0.05) is 31.9 Å². The van der Waals surface area contributed by atoms with Crippen molar-refractivity contribution in [3.05, 3.63) is 53.1 Å². The minimum atomic E-state index is -0.190. The van der Waals surface area contributed by atoms with Crippen LogP contribution in [0.5, 0.6) is 0 Å². The molecule has 1 N–H and O–H groups in total. The maximum atomic E-state index is 13.0. The fraction of sp³-hybridized carbons (Fsp3) is 0.357. The Morgan fingerprint density at radius 2 is 2.17 bits per heavy atom. The Bertz CT molecular complexity index is 520. The number of nitrogens with zero attached hydrogens (tertiary/aromatic N) is 2. The summed E-state index contributed by atoms with van der Waals surface area (Å²) in [5.74, 6) is -0.190. The molecule has 0 atom stereocenters. The van der Waals surface area contributed by atoms with E-state index in [1.165, 1.54) is 11.6 Å². The minimum Gasteiger partial charge on any atom is -0.308 e. The van der Waals surface area contributed by atoms with E-state index in [0.717, 1.165) is 24.2 Å². The van der Waals surface area contributed by atoms with Gasteiger partial charge in [0.1, 0.15) is 5.82 Å². The molecule has 3 nitrogen and oxygen atoms in total. The summed E-state index contributed by atoms with van der Waals surface area (Å²) in [5.41, 5.74) is 3.28. The predicted molar refractivity (Wildman–Crippen MR) is 69.5 cm³/mol. The van der Waals surface area contributed by atoms with Crippen molar-refractivity contribution in [2.75, 3.05) is 0 Å². The Morgan fingerprint density at radius 1 is 1.33 bits per heavy atom. The van der Waals surface area contributed by atoms with E-state index in [-0.39, 0.29) is 5.82 Å². The first-order valence-corrected chi connectivity index (χ1v) is 6.15. The van der Waals surface area contributed by atoms with Crippen molar-refractivity contribution in [3.8, 4) is 0 Å². The fourth-order valence-corrected chi connectivity index (χ4v) is 2.02. The molecule has 0 saturated carbocycles. The number of halogens is 1. The zero-order valence-electron chi connectivity index (χ0n) is 10.8. The van der Waals surface area contributed by atoms with Gasteiger partial charge in [0.25, 0.3) is 0 Å². The van der Waals surface area contributed by atoms with Crippen LogP contribution >= 0.6 is 0 Å². The minimum absolute atomic E-state index is 0.190. The molecule has 0 saturated heterocycles. The van der Waals surface area contributed by atoms with Crippen LogP contribution in [0.1, 0.15) is 23.7 Å². The second-order valence-corrected chi connectivity index (χ2v) is 4.36. The predicted octanol–water partition coefficient (Wildman–Crippen LogP) is 2.41. The van der Waals surface area contributed by atoms with E-state index >= 15 is 0 Å². The maximum Gasteiger partial charge on any atom is 0.123 e. The van der Waals surface area contributed by atoms with Gasteiger partial charge in [-0.2, -0.15) is 5.10 Å².